The lowest BCUT2D eigenvalue weighted by atomic mass is 9.87. The molecule has 1 heteroatoms. The Bertz CT molecular complexity index is 837. The van der Waals surface area contributed by atoms with Crippen molar-refractivity contribution in [2.24, 2.45) is 4.99 Å². The van der Waals surface area contributed by atoms with Crippen molar-refractivity contribution in [3.63, 3.8) is 0 Å². The van der Waals surface area contributed by atoms with E-state index in [-0.39, 0.29) is 5.41 Å². The van der Waals surface area contributed by atoms with Crippen molar-refractivity contribution in [1.82, 2.24) is 0 Å². The second-order valence-electron chi connectivity index (χ2n) is 7.42. The predicted molar refractivity (Wildman–Crippen MR) is 108 cm³/mol. The maximum Gasteiger partial charge on any atom is 0.0665 e. The fraction of sp³-hybridized carbons (Fsp3) is 0.208. The number of rotatable bonds is 4. The first-order chi connectivity index (χ1) is 12.0. The normalized spacial score (nSPS) is 11.8. The summed E-state index contributed by atoms with van der Waals surface area (Å²) in [4.78, 5) is 4.74. The molecule has 25 heavy (non-hydrogen) atoms. The molecule has 0 N–H and O–H groups in total. The third-order valence-electron chi connectivity index (χ3n) is 4.36. The lowest BCUT2D eigenvalue weighted by molar-refractivity contribution is 0.590. The summed E-state index contributed by atoms with van der Waals surface area (Å²) in [6, 6.07) is 27.6. The molecule has 0 aliphatic heterocycles. The predicted octanol–water partition coefficient (Wildman–Crippen LogP) is 6.33. The van der Waals surface area contributed by atoms with Gasteiger partial charge in [-0.15, -0.1) is 0 Å². The molecule has 0 fully saturated rings. The third kappa shape index (κ3) is 4.67. The zero-order valence-corrected chi connectivity index (χ0v) is 15.2. The van der Waals surface area contributed by atoms with Crippen molar-refractivity contribution in [2.45, 2.75) is 32.6 Å². The van der Waals surface area contributed by atoms with E-state index in [1.165, 1.54) is 16.7 Å². The number of nitrogens with zero attached hydrogens (tertiary/aromatic N) is 1. The van der Waals surface area contributed by atoms with Crippen LogP contribution in [0.5, 0.6) is 0 Å². The highest BCUT2D eigenvalue weighted by molar-refractivity contribution is 5.82. The van der Waals surface area contributed by atoms with Crippen LogP contribution >= 0.6 is 0 Å². The maximum atomic E-state index is 4.74. The number of hydrogen-bond acceptors (Lipinski definition) is 1. The smallest absolute Gasteiger partial charge is 0.0665 e. The molecule has 0 bridgehead atoms. The van der Waals surface area contributed by atoms with Gasteiger partial charge in [0, 0.05) is 6.21 Å². The molecule has 0 saturated heterocycles. The Labute approximate surface area is 151 Å². The van der Waals surface area contributed by atoms with E-state index >= 15 is 0 Å². The SMILES string of the molecule is CC(C)(C)c1ccc(C=Nc2ccccc2Cc2ccccc2)cc1. The van der Waals surface area contributed by atoms with Crippen molar-refractivity contribution >= 4 is 11.9 Å². The summed E-state index contributed by atoms with van der Waals surface area (Å²) in [5.41, 5.74) is 6.23. The minimum absolute atomic E-state index is 0.179. The van der Waals surface area contributed by atoms with Gasteiger partial charge in [-0.3, -0.25) is 4.99 Å². The van der Waals surface area contributed by atoms with Gasteiger partial charge in [0.2, 0.25) is 0 Å². The van der Waals surface area contributed by atoms with E-state index in [2.05, 4.69) is 93.6 Å². The molecule has 0 aliphatic carbocycles. The van der Waals surface area contributed by atoms with Crippen LogP contribution in [0.15, 0.2) is 83.9 Å². The van der Waals surface area contributed by atoms with Gasteiger partial charge in [-0.2, -0.15) is 0 Å². The molecular formula is C24H25N. The molecule has 0 amide bonds. The summed E-state index contributed by atoms with van der Waals surface area (Å²) >= 11 is 0. The van der Waals surface area contributed by atoms with E-state index < -0.39 is 0 Å². The molecule has 1 nitrogen and oxygen atoms in total. The van der Waals surface area contributed by atoms with Crippen molar-refractivity contribution in [2.75, 3.05) is 0 Å². The van der Waals surface area contributed by atoms with Gasteiger partial charge in [-0.25, -0.2) is 0 Å². The molecule has 0 unspecified atom stereocenters. The molecule has 0 aliphatic rings. The van der Waals surface area contributed by atoms with E-state index in [1.807, 2.05) is 12.3 Å². The van der Waals surface area contributed by atoms with Crippen LogP contribution in [0.4, 0.5) is 5.69 Å². The summed E-state index contributed by atoms with van der Waals surface area (Å²) in [5.74, 6) is 0. The maximum absolute atomic E-state index is 4.74. The van der Waals surface area contributed by atoms with Gasteiger partial charge >= 0.3 is 0 Å². The molecule has 0 aromatic heterocycles. The standard InChI is InChI=1S/C24H25N/c1-24(2,3)22-15-13-20(14-16-22)18-25-23-12-8-7-11-21(23)17-19-9-5-4-6-10-19/h4-16,18H,17H2,1-3H3. The van der Waals surface area contributed by atoms with E-state index in [0.717, 1.165) is 17.7 Å². The topological polar surface area (TPSA) is 12.4 Å². The van der Waals surface area contributed by atoms with Gasteiger partial charge in [-0.05, 0) is 40.2 Å². The molecule has 126 valence electrons. The largest absolute Gasteiger partial charge is 0.256 e. The monoisotopic (exact) mass is 327 g/mol. The Morgan fingerprint density at radius 1 is 0.760 bits per heavy atom. The first-order valence-corrected chi connectivity index (χ1v) is 8.79. The third-order valence-corrected chi connectivity index (χ3v) is 4.36. The minimum atomic E-state index is 0.179. The zero-order chi connectivity index (χ0) is 17.7. The van der Waals surface area contributed by atoms with Crippen LogP contribution in [0.3, 0.4) is 0 Å². The summed E-state index contributed by atoms with van der Waals surface area (Å²) in [7, 11) is 0. The van der Waals surface area contributed by atoms with Gasteiger partial charge in [0.05, 0.1) is 5.69 Å². The van der Waals surface area contributed by atoms with Crippen LogP contribution in [-0.4, -0.2) is 6.21 Å². The van der Waals surface area contributed by atoms with Crippen LogP contribution in [0.1, 0.15) is 43.0 Å². The fourth-order valence-corrected chi connectivity index (χ4v) is 2.82. The molecule has 0 heterocycles. The molecule has 0 spiro atoms. The highest BCUT2D eigenvalue weighted by atomic mass is 14.7. The van der Waals surface area contributed by atoms with E-state index in [1.54, 1.807) is 0 Å². The van der Waals surface area contributed by atoms with Crippen molar-refractivity contribution < 1.29 is 0 Å². The Kier molecular flexibility index (Phi) is 5.14. The van der Waals surface area contributed by atoms with E-state index in [9.17, 15) is 0 Å². The average Bonchev–Trinajstić information content (AvgIpc) is 2.61. The van der Waals surface area contributed by atoms with Gasteiger partial charge in [0.25, 0.3) is 0 Å². The second kappa shape index (κ2) is 7.48. The molecule has 0 saturated carbocycles. The summed E-state index contributed by atoms with van der Waals surface area (Å²) in [5, 5.41) is 0. The number of aliphatic imine (C=N–C) groups is 1. The van der Waals surface area contributed by atoms with Crippen molar-refractivity contribution in [3.8, 4) is 0 Å². The summed E-state index contributed by atoms with van der Waals surface area (Å²) in [6.07, 6.45) is 2.85. The van der Waals surface area contributed by atoms with Gasteiger partial charge in [0.1, 0.15) is 0 Å². The second-order valence-corrected chi connectivity index (χ2v) is 7.42. The van der Waals surface area contributed by atoms with E-state index in [0.29, 0.717) is 0 Å². The van der Waals surface area contributed by atoms with Gasteiger partial charge < -0.3 is 0 Å². The molecule has 3 rings (SSSR count). The first kappa shape index (κ1) is 17.2. The zero-order valence-electron chi connectivity index (χ0n) is 15.2. The van der Waals surface area contributed by atoms with E-state index in [4.69, 9.17) is 4.99 Å². The molecule has 3 aromatic carbocycles. The lowest BCUT2D eigenvalue weighted by Gasteiger charge is -2.18. The summed E-state index contributed by atoms with van der Waals surface area (Å²) < 4.78 is 0. The fourth-order valence-electron chi connectivity index (χ4n) is 2.82. The van der Waals surface area contributed by atoms with Crippen LogP contribution in [-0.2, 0) is 11.8 Å². The Balaban J connectivity index is 1.80. The first-order valence-electron chi connectivity index (χ1n) is 8.79. The highest BCUT2D eigenvalue weighted by Crippen LogP contribution is 2.23. The quantitative estimate of drug-likeness (QED) is 0.497. The minimum Gasteiger partial charge on any atom is -0.256 e. The Hall–Kier alpha value is -2.67. The summed E-state index contributed by atoms with van der Waals surface area (Å²) in [6.45, 7) is 6.70. The molecular weight excluding hydrogens is 302 g/mol. The van der Waals surface area contributed by atoms with Crippen LogP contribution < -0.4 is 0 Å². The van der Waals surface area contributed by atoms with Crippen LogP contribution in [0, 0.1) is 0 Å². The highest BCUT2D eigenvalue weighted by Gasteiger charge is 2.12. The number of para-hydroxylation sites is 1. The number of benzene rings is 3. The van der Waals surface area contributed by atoms with Crippen LogP contribution in [0.25, 0.3) is 0 Å². The lowest BCUT2D eigenvalue weighted by Crippen LogP contribution is -2.10. The number of hydrogen-bond donors (Lipinski definition) is 0. The molecule has 0 atom stereocenters. The van der Waals surface area contributed by atoms with Gasteiger partial charge in [0.15, 0.2) is 0 Å². The van der Waals surface area contributed by atoms with Crippen LogP contribution in [0.2, 0.25) is 0 Å². The van der Waals surface area contributed by atoms with Crippen molar-refractivity contribution in [3.05, 3.63) is 101 Å². The molecule has 0 radical (unpaired) electrons. The Morgan fingerprint density at radius 2 is 1.40 bits per heavy atom. The van der Waals surface area contributed by atoms with Gasteiger partial charge in [-0.1, -0.05) is 93.6 Å². The molecule has 3 aromatic rings. The Morgan fingerprint density at radius 3 is 2.08 bits per heavy atom. The average molecular weight is 327 g/mol. The van der Waals surface area contributed by atoms with Crippen molar-refractivity contribution in [1.29, 1.82) is 0 Å².